The van der Waals surface area contributed by atoms with Crippen LogP contribution < -0.4 is 4.74 Å². The van der Waals surface area contributed by atoms with E-state index >= 15 is 0 Å². The molecule has 1 N–H and O–H groups in total. The molecule has 20 heavy (non-hydrogen) atoms. The molecule has 3 atom stereocenters. The van der Waals surface area contributed by atoms with Crippen LogP contribution in [0.3, 0.4) is 0 Å². The lowest BCUT2D eigenvalue weighted by molar-refractivity contribution is 0.0694. The number of ether oxygens (including phenoxy) is 1. The topological polar surface area (TPSA) is 46.5 Å². The number of benzene rings is 1. The molecule has 110 valence electrons. The number of carbonyl (C=O) groups is 1. The third-order valence-corrected chi connectivity index (χ3v) is 4.90. The molecule has 5 heteroatoms. The first-order chi connectivity index (χ1) is 9.40. The van der Waals surface area contributed by atoms with E-state index in [-0.39, 0.29) is 21.9 Å². The van der Waals surface area contributed by atoms with Crippen molar-refractivity contribution in [1.29, 1.82) is 0 Å². The predicted octanol–water partition coefficient (Wildman–Crippen LogP) is 4.49. The van der Waals surface area contributed by atoms with Gasteiger partial charge in [-0.05, 0) is 59.2 Å². The molecule has 0 heterocycles. The van der Waals surface area contributed by atoms with Gasteiger partial charge in [-0.2, -0.15) is 0 Å². The number of hydrogen-bond acceptors (Lipinski definition) is 2. The van der Waals surface area contributed by atoms with Crippen molar-refractivity contribution in [2.75, 3.05) is 0 Å². The molecule has 3 unspecified atom stereocenters. The summed E-state index contributed by atoms with van der Waals surface area (Å²) in [5.74, 6) is -0.466. The smallest absolute Gasteiger partial charge is 0.336 e. The minimum absolute atomic E-state index is 0.00159. The number of hydrogen-bond donors (Lipinski definition) is 1. The average Bonchev–Trinajstić information content (AvgIpc) is 2.39. The van der Waals surface area contributed by atoms with Gasteiger partial charge in [-0.15, -0.1) is 0 Å². The van der Waals surface area contributed by atoms with E-state index in [0.29, 0.717) is 11.8 Å². The van der Waals surface area contributed by atoms with Gasteiger partial charge in [-0.1, -0.05) is 13.8 Å². The average molecular weight is 345 g/mol. The first kappa shape index (κ1) is 15.3. The number of halogens is 2. The zero-order valence-corrected chi connectivity index (χ0v) is 13.1. The van der Waals surface area contributed by atoms with Crippen molar-refractivity contribution in [3.05, 3.63) is 28.0 Å². The lowest BCUT2D eigenvalue weighted by Crippen LogP contribution is -2.29. The van der Waals surface area contributed by atoms with Gasteiger partial charge in [-0.25, -0.2) is 9.18 Å². The highest BCUT2D eigenvalue weighted by Crippen LogP contribution is 2.34. The van der Waals surface area contributed by atoms with Crippen LogP contribution in [0.25, 0.3) is 0 Å². The minimum Gasteiger partial charge on any atom is -0.487 e. The third kappa shape index (κ3) is 3.14. The van der Waals surface area contributed by atoms with Crippen LogP contribution in [0.15, 0.2) is 16.6 Å². The maximum absolute atomic E-state index is 14.1. The second-order valence-electron chi connectivity index (χ2n) is 5.55. The summed E-state index contributed by atoms with van der Waals surface area (Å²) >= 11 is 2.98. The van der Waals surface area contributed by atoms with E-state index in [1.807, 2.05) is 0 Å². The van der Waals surface area contributed by atoms with Gasteiger partial charge in [-0.3, -0.25) is 0 Å². The number of carboxylic acid groups (broad SMARTS) is 1. The van der Waals surface area contributed by atoms with Gasteiger partial charge in [0.05, 0.1) is 16.1 Å². The molecule has 1 aliphatic carbocycles. The zero-order valence-electron chi connectivity index (χ0n) is 11.5. The standard InChI is InChI=1S/C15H18BrFO3/c1-8-3-4-10(7-9(8)2)20-12-6-5-11(15(18)19)13(16)14(12)17/h5-6,8-10H,3-4,7H2,1-2H3,(H,18,19). The zero-order chi connectivity index (χ0) is 14.9. The van der Waals surface area contributed by atoms with Crippen molar-refractivity contribution in [2.45, 2.75) is 39.2 Å². The summed E-state index contributed by atoms with van der Waals surface area (Å²) in [5.41, 5.74) is -0.0968. The first-order valence-electron chi connectivity index (χ1n) is 6.78. The maximum Gasteiger partial charge on any atom is 0.336 e. The van der Waals surface area contributed by atoms with Crippen molar-refractivity contribution in [1.82, 2.24) is 0 Å². The second-order valence-corrected chi connectivity index (χ2v) is 6.34. The van der Waals surface area contributed by atoms with E-state index < -0.39 is 11.8 Å². The Balaban J connectivity index is 2.14. The second kappa shape index (κ2) is 6.12. The summed E-state index contributed by atoms with van der Waals surface area (Å²) in [5, 5.41) is 8.93. The SMILES string of the molecule is CC1CCC(Oc2ccc(C(=O)O)c(Br)c2F)CC1C. The highest BCUT2D eigenvalue weighted by atomic mass is 79.9. The molecule has 1 aromatic carbocycles. The fourth-order valence-electron chi connectivity index (χ4n) is 2.57. The number of carboxylic acids is 1. The summed E-state index contributed by atoms with van der Waals surface area (Å²) in [6.07, 6.45) is 2.88. The van der Waals surface area contributed by atoms with Gasteiger partial charge in [0.2, 0.25) is 0 Å². The van der Waals surface area contributed by atoms with Crippen LogP contribution in [-0.4, -0.2) is 17.2 Å². The fourth-order valence-corrected chi connectivity index (χ4v) is 3.07. The number of aromatic carboxylic acids is 1. The van der Waals surface area contributed by atoms with Crippen LogP contribution in [-0.2, 0) is 0 Å². The highest BCUT2D eigenvalue weighted by Gasteiger charge is 2.27. The van der Waals surface area contributed by atoms with E-state index in [2.05, 4.69) is 29.8 Å². The van der Waals surface area contributed by atoms with E-state index in [1.165, 1.54) is 12.1 Å². The molecular formula is C15H18BrFO3. The molecule has 1 fully saturated rings. The van der Waals surface area contributed by atoms with Crippen LogP contribution in [0.4, 0.5) is 4.39 Å². The molecule has 0 amide bonds. The number of rotatable bonds is 3. The largest absolute Gasteiger partial charge is 0.487 e. The Morgan fingerprint density at radius 3 is 2.65 bits per heavy atom. The first-order valence-corrected chi connectivity index (χ1v) is 7.57. The van der Waals surface area contributed by atoms with Crippen LogP contribution in [0, 0.1) is 17.7 Å². The van der Waals surface area contributed by atoms with Crippen molar-refractivity contribution < 1.29 is 19.0 Å². The van der Waals surface area contributed by atoms with E-state index in [9.17, 15) is 9.18 Å². The van der Waals surface area contributed by atoms with Crippen LogP contribution in [0.1, 0.15) is 43.5 Å². The van der Waals surface area contributed by atoms with Crippen molar-refractivity contribution in [3.63, 3.8) is 0 Å². The Morgan fingerprint density at radius 2 is 2.05 bits per heavy atom. The maximum atomic E-state index is 14.1. The summed E-state index contributed by atoms with van der Waals surface area (Å²) in [6, 6.07) is 2.76. The van der Waals surface area contributed by atoms with Crippen LogP contribution in [0.5, 0.6) is 5.75 Å². The molecule has 1 saturated carbocycles. The molecule has 0 saturated heterocycles. The van der Waals surface area contributed by atoms with Gasteiger partial charge in [0.15, 0.2) is 11.6 Å². The van der Waals surface area contributed by atoms with Crippen LogP contribution in [0.2, 0.25) is 0 Å². The molecule has 0 aromatic heterocycles. The normalized spacial score (nSPS) is 26.3. The Labute approximate surface area is 126 Å². The lowest BCUT2D eigenvalue weighted by atomic mass is 9.80. The Kier molecular flexibility index (Phi) is 4.68. The highest BCUT2D eigenvalue weighted by molar-refractivity contribution is 9.10. The summed E-state index contributed by atoms with van der Waals surface area (Å²) in [7, 11) is 0. The molecule has 2 rings (SSSR count). The molecule has 1 aliphatic rings. The van der Waals surface area contributed by atoms with E-state index in [0.717, 1.165) is 19.3 Å². The van der Waals surface area contributed by atoms with Gasteiger partial charge in [0, 0.05) is 0 Å². The van der Waals surface area contributed by atoms with E-state index in [4.69, 9.17) is 9.84 Å². The molecule has 1 aromatic rings. The Bertz CT molecular complexity index is 518. The van der Waals surface area contributed by atoms with Crippen molar-refractivity contribution in [3.8, 4) is 5.75 Å². The summed E-state index contributed by atoms with van der Waals surface area (Å²) in [6.45, 7) is 4.40. The minimum atomic E-state index is -1.16. The molecule has 0 spiro atoms. The molecule has 3 nitrogen and oxygen atoms in total. The van der Waals surface area contributed by atoms with Gasteiger partial charge >= 0.3 is 5.97 Å². The van der Waals surface area contributed by atoms with Gasteiger partial charge in [0.1, 0.15) is 0 Å². The molecular weight excluding hydrogens is 327 g/mol. The van der Waals surface area contributed by atoms with Crippen molar-refractivity contribution in [2.24, 2.45) is 11.8 Å². The van der Waals surface area contributed by atoms with Crippen LogP contribution >= 0.6 is 15.9 Å². The summed E-state index contributed by atoms with van der Waals surface area (Å²) < 4.78 is 19.8. The monoisotopic (exact) mass is 344 g/mol. The third-order valence-electron chi connectivity index (χ3n) is 4.12. The quantitative estimate of drug-likeness (QED) is 0.878. The van der Waals surface area contributed by atoms with Gasteiger partial charge < -0.3 is 9.84 Å². The summed E-state index contributed by atoms with van der Waals surface area (Å²) in [4.78, 5) is 10.9. The molecule has 0 aliphatic heterocycles. The Hall–Kier alpha value is -1.10. The fraction of sp³-hybridized carbons (Fsp3) is 0.533. The predicted molar refractivity (Wildman–Crippen MR) is 77.7 cm³/mol. The van der Waals surface area contributed by atoms with Gasteiger partial charge in [0.25, 0.3) is 0 Å². The molecule has 0 radical (unpaired) electrons. The lowest BCUT2D eigenvalue weighted by Gasteiger charge is -2.32. The Morgan fingerprint density at radius 1 is 1.35 bits per heavy atom. The van der Waals surface area contributed by atoms with Crippen molar-refractivity contribution >= 4 is 21.9 Å². The van der Waals surface area contributed by atoms with E-state index in [1.54, 1.807) is 0 Å². The molecule has 0 bridgehead atoms.